The standard InChI is InChI=1S/C32H31N/c1-24-8-18-30(19-9-24)33(31-20-10-25(2)11-21-31)32-22-16-29(17-23-32)28-14-12-27(13-15-28)26-6-4-3-5-7-26/h3-11,14,16-23,27H,12-13,15H2,1-2H3. The van der Waals surface area contributed by atoms with E-state index >= 15 is 0 Å². The first-order chi connectivity index (χ1) is 16.2. The van der Waals surface area contributed by atoms with Gasteiger partial charge in [-0.3, -0.25) is 0 Å². The smallest absolute Gasteiger partial charge is 0.0462 e. The second-order valence-corrected chi connectivity index (χ2v) is 9.16. The highest BCUT2D eigenvalue weighted by Gasteiger charge is 2.18. The minimum Gasteiger partial charge on any atom is -0.311 e. The number of anilines is 3. The molecule has 0 bridgehead atoms. The Kier molecular flexibility index (Phi) is 6.13. The van der Waals surface area contributed by atoms with Gasteiger partial charge in [0, 0.05) is 17.1 Å². The van der Waals surface area contributed by atoms with E-state index in [1.165, 1.54) is 51.3 Å². The van der Waals surface area contributed by atoms with E-state index in [1.54, 1.807) is 0 Å². The molecule has 1 nitrogen and oxygen atoms in total. The molecule has 0 saturated carbocycles. The van der Waals surface area contributed by atoms with Crippen LogP contribution in [0.1, 0.15) is 47.4 Å². The van der Waals surface area contributed by atoms with Gasteiger partial charge in [0.25, 0.3) is 0 Å². The zero-order valence-electron chi connectivity index (χ0n) is 19.5. The average Bonchev–Trinajstić information content (AvgIpc) is 2.88. The molecule has 4 aromatic rings. The molecule has 0 aromatic heterocycles. The lowest BCUT2D eigenvalue weighted by Crippen LogP contribution is -2.10. The zero-order chi connectivity index (χ0) is 22.6. The number of aryl methyl sites for hydroxylation is 2. The molecule has 0 fully saturated rings. The number of hydrogen-bond acceptors (Lipinski definition) is 1. The molecule has 0 saturated heterocycles. The van der Waals surface area contributed by atoms with E-state index in [9.17, 15) is 0 Å². The molecule has 164 valence electrons. The lowest BCUT2D eigenvalue weighted by Gasteiger charge is -2.26. The Balaban J connectivity index is 1.41. The van der Waals surface area contributed by atoms with Crippen LogP contribution in [0.15, 0.2) is 109 Å². The monoisotopic (exact) mass is 429 g/mol. The maximum Gasteiger partial charge on any atom is 0.0462 e. The van der Waals surface area contributed by atoms with Crippen LogP contribution >= 0.6 is 0 Å². The van der Waals surface area contributed by atoms with Crippen molar-refractivity contribution < 1.29 is 0 Å². The summed E-state index contributed by atoms with van der Waals surface area (Å²) in [5.74, 6) is 0.646. The largest absolute Gasteiger partial charge is 0.311 e. The van der Waals surface area contributed by atoms with Gasteiger partial charge < -0.3 is 4.90 Å². The normalized spacial score (nSPS) is 15.7. The first-order valence-corrected chi connectivity index (χ1v) is 12.0. The van der Waals surface area contributed by atoms with Gasteiger partial charge in [0.15, 0.2) is 0 Å². The molecule has 0 heterocycles. The van der Waals surface area contributed by atoms with Crippen molar-refractivity contribution in [2.75, 3.05) is 4.90 Å². The highest BCUT2D eigenvalue weighted by atomic mass is 15.1. The van der Waals surface area contributed by atoms with E-state index in [-0.39, 0.29) is 0 Å². The summed E-state index contributed by atoms with van der Waals surface area (Å²) >= 11 is 0. The molecule has 33 heavy (non-hydrogen) atoms. The lowest BCUT2D eigenvalue weighted by atomic mass is 9.83. The molecule has 0 amide bonds. The molecule has 1 aliphatic carbocycles. The summed E-state index contributed by atoms with van der Waals surface area (Å²) in [6, 6.07) is 37.6. The molecule has 4 aromatic carbocycles. The Hall–Kier alpha value is -3.58. The number of nitrogens with zero attached hydrogens (tertiary/aromatic N) is 1. The minimum absolute atomic E-state index is 0.646. The lowest BCUT2D eigenvalue weighted by molar-refractivity contribution is 0.625. The second kappa shape index (κ2) is 9.50. The van der Waals surface area contributed by atoms with Crippen molar-refractivity contribution in [2.24, 2.45) is 0 Å². The summed E-state index contributed by atoms with van der Waals surface area (Å²) in [5.41, 5.74) is 10.4. The van der Waals surface area contributed by atoms with Crippen molar-refractivity contribution in [1.29, 1.82) is 0 Å². The Labute approximate surface area is 198 Å². The molecule has 5 rings (SSSR count). The molecule has 0 N–H and O–H groups in total. The third kappa shape index (κ3) is 4.78. The van der Waals surface area contributed by atoms with E-state index in [0.29, 0.717) is 5.92 Å². The molecular formula is C32H31N. The fraction of sp³-hybridized carbons (Fsp3) is 0.188. The van der Waals surface area contributed by atoms with E-state index < -0.39 is 0 Å². The summed E-state index contributed by atoms with van der Waals surface area (Å²) in [6.45, 7) is 4.27. The van der Waals surface area contributed by atoms with E-state index in [4.69, 9.17) is 0 Å². The van der Waals surface area contributed by atoms with Crippen LogP contribution in [0.25, 0.3) is 5.57 Å². The fourth-order valence-electron chi connectivity index (χ4n) is 4.78. The van der Waals surface area contributed by atoms with Crippen molar-refractivity contribution in [3.8, 4) is 0 Å². The van der Waals surface area contributed by atoms with Gasteiger partial charge in [0.05, 0.1) is 0 Å². The van der Waals surface area contributed by atoms with Gasteiger partial charge in [-0.25, -0.2) is 0 Å². The van der Waals surface area contributed by atoms with Crippen LogP contribution < -0.4 is 4.90 Å². The van der Waals surface area contributed by atoms with Crippen LogP contribution in [0.2, 0.25) is 0 Å². The molecule has 0 aliphatic heterocycles. The SMILES string of the molecule is Cc1ccc(N(c2ccc(C)cc2)c2ccc(C3=CCC(c4ccccc4)CC3)cc2)cc1. The van der Waals surface area contributed by atoms with Crippen molar-refractivity contribution in [2.45, 2.75) is 39.0 Å². The zero-order valence-corrected chi connectivity index (χ0v) is 19.5. The topological polar surface area (TPSA) is 3.24 Å². The van der Waals surface area contributed by atoms with Gasteiger partial charge in [0.1, 0.15) is 0 Å². The van der Waals surface area contributed by atoms with E-state index in [1.807, 2.05) is 0 Å². The number of rotatable bonds is 5. The van der Waals surface area contributed by atoms with Gasteiger partial charge >= 0.3 is 0 Å². The highest BCUT2D eigenvalue weighted by Crippen LogP contribution is 2.38. The number of hydrogen-bond donors (Lipinski definition) is 0. The summed E-state index contributed by atoms with van der Waals surface area (Å²) in [6.07, 6.45) is 5.93. The first kappa shape index (κ1) is 21.3. The maximum atomic E-state index is 2.45. The van der Waals surface area contributed by atoms with Gasteiger partial charge in [0.2, 0.25) is 0 Å². The van der Waals surface area contributed by atoms with E-state index in [0.717, 1.165) is 12.8 Å². The minimum atomic E-state index is 0.646. The third-order valence-electron chi connectivity index (χ3n) is 6.76. The van der Waals surface area contributed by atoms with Gasteiger partial charge in [-0.1, -0.05) is 83.9 Å². The Morgan fingerprint density at radius 3 is 1.61 bits per heavy atom. The van der Waals surface area contributed by atoms with Gasteiger partial charge in [-0.15, -0.1) is 0 Å². The van der Waals surface area contributed by atoms with Crippen LogP contribution in [-0.4, -0.2) is 0 Å². The average molecular weight is 430 g/mol. The Morgan fingerprint density at radius 2 is 1.12 bits per heavy atom. The van der Waals surface area contributed by atoms with Crippen LogP contribution in [-0.2, 0) is 0 Å². The number of benzene rings is 4. The van der Waals surface area contributed by atoms with Crippen molar-refractivity contribution in [3.63, 3.8) is 0 Å². The summed E-state index contributed by atoms with van der Waals surface area (Å²) in [5, 5.41) is 0. The molecule has 1 atom stereocenters. The van der Waals surface area contributed by atoms with Crippen molar-refractivity contribution in [3.05, 3.63) is 131 Å². The molecule has 0 radical (unpaired) electrons. The van der Waals surface area contributed by atoms with Crippen molar-refractivity contribution >= 4 is 22.6 Å². The molecule has 0 spiro atoms. The van der Waals surface area contributed by atoms with Crippen LogP contribution in [0, 0.1) is 13.8 Å². The maximum absolute atomic E-state index is 2.45. The molecule has 1 aliphatic rings. The molecule has 1 unspecified atom stereocenters. The second-order valence-electron chi connectivity index (χ2n) is 9.16. The molecular weight excluding hydrogens is 398 g/mol. The van der Waals surface area contributed by atoms with Crippen LogP contribution in [0.3, 0.4) is 0 Å². The number of allylic oxidation sites excluding steroid dienone is 2. The Bertz CT molecular complexity index is 1170. The van der Waals surface area contributed by atoms with Gasteiger partial charge in [-0.2, -0.15) is 0 Å². The third-order valence-corrected chi connectivity index (χ3v) is 6.76. The van der Waals surface area contributed by atoms with Crippen molar-refractivity contribution in [1.82, 2.24) is 0 Å². The summed E-state index contributed by atoms with van der Waals surface area (Å²) < 4.78 is 0. The van der Waals surface area contributed by atoms with Crippen LogP contribution in [0.5, 0.6) is 0 Å². The first-order valence-electron chi connectivity index (χ1n) is 12.0. The summed E-state index contributed by atoms with van der Waals surface area (Å²) in [7, 11) is 0. The van der Waals surface area contributed by atoms with E-state index in [2.05, 4.69) is 128 Å². The quantitative estimate of drug-likeness (QED) is 0.306. The molecule has 1 heteroatoms. The van der Waals surface area contributed by atoms with Gasteiger partial charge in [-0.05, 0) is 92.1 Å². The van der Waals surface area contributed by atoms with Crippen LogP contribution in [0.4, 0.5) is 17.1 Å². The Morgan fingerprint density at radius 1 is 0.606 bits per heavy atom. The fourth-order valence-corrected chi connectivity index (χ4v) is 4.78. The predicted octanol–water partition coefficient (Wildman–Crippen LogP) is 9.12. The predicted molar refractivity (Wildman–Crippen MR) is 142 cm³/mol. The summed E-state index contributed by atoms with van der Waals surface area (Å²) in [4.78, 5) is 2.34. The highest BCUT2D eigenvalue weighted by molar-refractivity contribution is 5.78.